The summed E-state index contributed by atoms with van der Waals surface area (Å²) in [5.74, 6) is -0.854. The quantitative estimate of drug-likeness (QED) is 0.487. The van der Waals surface area contributed by atoms with E-state index < -0.39 is 11.8 Å². The average Bonchev–Trinajstić information content (AvgIpc) is 2.27. The molecule has 1 rings (SSSR count). The molecule has 0 fully saturated rings. The largest absolute Gasteiger partial charge is 0.495 e. The number of esters is 1. The summed E-state index contributed by atoms with van der Waals surface area (Å²) < 4.78 is 10.4. The van der Waals surface area contributed by atoms with E-state index in [4.69, 9.17) is 4.74 Å². The number of carbonyl (C=O) groups excluding carboxylic acids is 2. The van der Waals surface area contributed by atoms with Crippen LogP contribution in [0.4, 0.5) is 0 Å². The molecule has 1 aromatic rings. The van der Waals surface area contributed by atoms with E-state index in [9.17, 15) is 9.59 Å². The highest BCUT2D eigenvalue weighted by Gasteiger charge is 2.19. The number of ketones is 1. The second-order valence-electron chi connectivity index (χ2n) is 3.36. The third-order valence-corrected chi connectivity index (χ3v) is 2.75. The molecule has 0 bridgehead atoms. The third kappa shape index (κ3) is 3.06. The molecule has 0 N–H and O–H groups in total. The van der Waals surface area contributed by atoms with Crippen molar-refractivity contribution in [1.82, 2.24) is 0 Å². The van der Waals surface area contributed by atoms with E-state index in [1.807, 2.05) is 0 Å². The molecule has 0 aliphatic rings. The van der Waals surface area contributed by atoms with Crippen molar-refractivity contribution in [2.24, 2.45) is 0 Å². The molecule has 0 amide bonds. The van der Waals surface area contributed by atoms with Crippen molar-refractivity contribution in [3.8, 4) is 5.75 Å². The number of hydrogen-bond donors (Lipinski definition) is 0. The smallest absolute Gasteiger partial charge is 0.379 e. The first kappa shape index (κ1) is 13.7. The van der Waals surface area contributed by atoms with E-state index >= 15 is 0 Å². The van der Waals surface area contributed by atoms with Crippen LogP contribution in [0.3, 0.4) is 0 Å². The maximum atomic E-state index is 11.7. The second-order valence-corrected chi connectivity index (χ2v) is 4.21. The Labute approximate surface area is 108 Å². The summed E-state index contributed by atoms with van der Waals surface area (Å²) in [6, 6.07) is 3.15. The predicted molar refractivity (Wildman–Crippen MR) is 66.4 cm³/mol. The lowest BCUT2D eigenvalue weighted by atomic mass is 10.1. The van der Waals surface area contributed by atoms with Crippen LogP contribution in [0.15, 0.2) is 16.6 Å². The Bertz CT molecular complexity index is 431. The van der Waals surface area contributed by atoms with Crippen LogP contribution in [0.2, 0.25) is 0 Å². The van der Waals surface area contributed by atoms with E-state index in [1.165, 1.54) is 0 Å². The van der Waals surface area contributed by atoms with Gasteiger partial charge in [0.25, 0.3) is 5.78 Å². The first-order valence-electron chi connectivity index (χ1n) is 5.06. The molecule has 0 spiro atoms. The lowest BCUT2D eigenvalue weighted by Gasteiger charge is -2.09. The minimum atomic E-state index is -0.844. The summed E-state index contributed by atoms with van der Waals surface area (Å²) in [5, 5.41) is 0. The molecule has 5 heteroatoms. The molecular weight excluding hydrogens is 288 g/mol. The Morgan fingerprint density at radius 1 is 1.35 bits per heavy atom. The van der Waals surface area contributed by atoms with Crippen molar-refractivity contribution in [1.29, 1.82) is 0 Å². The number of Topliss-reactive ketones (excluding diaryl/α,β-unsaturated/α-hetero) is 1. The van der Waals surface area contributed by atoms with Gasteiger partial charge in [0.1, 0.15) is 5.75 Å². The van der Waals surface area contributed by atoms with Gasteiger partial charge in [-0.1, -0.05) is 0 Å². The zero-order chi connectivity index (χ0) is 13.0. The first-order chi connectivity index (χ1) is 8.01. The molecule has 17 heavy (non-hydrogen) atoms. The number of hydrogen-bond acceptors (Lipinski definition) is 4. The van der Waals surface area contributed by atoms with Gasteiger partial charge in [-0.15, -0.1) is 0 Å². The highest BCUT2D eigenvalue weighted by Crippen LogP contribution is 2.30. The topological polar surface area (TPSA) is 52.6 Å². The van der Waals surface area contributed by atoms with Crippen LogP contribution < -0.4 is 4.74 Å². The van der Waals surface area contributed by atoms with Crippen LogP contribution in [-0.2, 0) is 9.53 Å². The van der Waals surface area contributed by atoms with Crippen molar-refractivity contribution >= 4 is 27.7 Å². The van der Waals surface area contributed by atoms with E-state index in [2.05, 4.69) is 20.7 Å². The molecule has 1 aromatic carbocycles. The number of benzene rings is 1. The summed E-state index contributed by atoms with van der Waals surface area (Å²) in [6.45, 7) is 3.63. The van der Waals surface area contributed by atoms with Crippen LogP contribution in [0.1, 0.15) is 22.8 Å². The lowest BCUT2D eigenvalue weighted by Crippen LogP contribution is -2.17. The monoisotopic (exact) mass is 300 g/mol. The van der Waals surface area contributed by atoms with Crippen LogP contribution >= 0.6 is 15.9 Å². The van der Waals surface area contributed by atoms with Gasteiger partial charge in [0, 0.05) is 5.56 Å². The fraction of sp³-hybridized carbons (Fsp3) is 0.333. The number of aryl methyl sites for hydroxylation is 1. The maximum absolute atomic E-state index is 11.7. The van der Waals surface area contributed by atoms with E-state index in [1.54, 1.807) is 33.1 Å². The van der Waals surface area contributed by atoms with Gasteiger partial charge in [0.05, 0.1) is 18.2 Å². The van der Waals surface area contributed by atoms with Crippen LogP contribution in [0, 0.1) is 6.92 Å². The number of ether oxygens (including phenoxy) is 2. The Morgan fingerprint density at radius 3 is 2.47 bits per heavy atom. The first-order valence-corrected chi connectivity index (χ1v) is 5.86. The summed E-state index contributed by atoms with van der Waals surface area (Å²) in [6.07, 6.45) is 0. The van der Waals surface area contributed by atoms with Crippen LogP contribution in [0.5, 0.6) is 5.75 Å². The van der Waals surface area contributed by atoms with E-state index in [0.717, 1.165) is 5.56 Å². The fourth-order valence-corrected chi connectivity index (χ4v) is 2.16. The Morgan fingerprint density at radius 2 is 2.00 bits per heavy atom. The highest BCUT2D eigenvalue weighted by atomic mass is 79.9. The van der Waals surface area contributed by atoms with Gasteiger partial charge in [0.15, 0.2) is 0 Å². The molecule has 4 nitrogen and oxygen atoms in total. The minimum Gasteiger partial charge on any atom is -0.495 e. The molecular formula is C12H13BrO4. The number of rotatable bonds is 4. The van der Waals surface area contributed by atoms with Crippen LogP contribution in [0.25, 0.3) is 0 Å². The van der Waals surface area contributed by atoms with Crippen molar-refractivity contribution < 1.29 is 19.1 Å². The molecule has 0 aromatic heterocycles. The zero-order valence-electron chi connectivity index (χ0n) is 9.87. The molecule has 0 unspecified atom stereocenters. The van der Waals surface area contributed by atoms with Crippen molar-refractivity contribution in [2.45, 2.75) is 13.8 Å². The van der Waals surface area contributed by atoms with Gasteiger partial charge in [0.2, 0.25) is 0 Å². The summed E-state index contributed by atoms with van der Waals surface area (Å²) in [7, 11) is 1.54. The van der Waals surface area contributed by atoms with E-state index in [0.29, 0.717) is 10.2 Å². The fourth-order valence-electron chi connectivity index (χ4n) is 1.43. The molecule has 92 valence electrons. The number of halogens is 1. The maximum Gasteiger partial charge on any atom is 0.379 e. The average molecular weight is 301 g/mol. The Balaban J connectivity index is 3.08. The van der Waals surface area contributed by atoms with E-state index in [-0.39, 0.29) is 12.2 Å². The molecule has 0 aliphatic heterocycles. The summed E-state index contributed by atoms with van der Waals surface area (Å²) in [5.41, 5.74) is 1.06. The second kappa shape index (κ2) is 5.82. The van der Waals surface area contributed by atoms with Gasteiger partial charge >= 0.3 is 5.97 Å². The molecule has 0 aliphatic carbocycles. The van der Waals surface area contributed by atoms with Crippen molar-refractivity contribution in [3.63, 3.8) is 0 Å². The van der Waals surface area contributed by atoms with Gasteiger partial charge in [-0.2, -0.15) is 0 Å². The lowest BCUT2D eigenvalue weighted by molar-refractivity contribution is -0.137. The molecule has 0 radical (unpaired) electrons. The standard InChI is InChI=1S/C12H13BrO4/c1-4-17-12(15)10(14)8-5-7(2)11(16-3)9(13)6-8/h5-6H,4H2,1-3H3. The normalized spacial score (nSPS) is 9.88. The van der Waals surface area contributed by atoms with Gasteiger partial charge in [-0.05, 0) is 47.5 Å². The van der Waals surface area contributed by atoms with Crippen molar-refractivity contribution in [2.75, 3.05) is 13.7 Å². The highest BCUT2D eigenvalue weighted by molar-refractivity contribution is 9.10. The molecule has 0 atom stereocenters. The van der Waals surface area contributed by atoms with Gasteiger partial charge in [-0.3, -0.25) is 4.79 Å². The summed E-state index contributed by atoms with van der Waals surface area (Å²) >= 11 is 3.29. The van der Waals surface area contributed by atoms with Crippen molar-refractivity contribution in [3.05, 3.63) is 27.7 Å². The molecule has 0 saturated heterocycles. The van der Waals surface area contributed by atoms with Crippen LogP contribution in [-0.4, -0.2) is 25.5 Å². The number of methoxy groups -OCH3 is 1. The third-order valence-electron chi connectivity index (χ3n) is 2.16. The SMILES string of the molecule is CCOC(=O)C(=O)c1cc(C)c(OC)c(Br)c1. The Kier molecular flexibility index (Phi) is 4.69. The van der Waals surface area contributed by atoms with Gasteiger partial charge in [-0.25, -0.2) is 4.79 Å². The zero-order valence-corrected chi connectivity index (χ0v) is 11.5. The Hall–Kier alpha value is -1.36. The molecule has 0 saturated carbocycles. The minimum absolute atomic E-state index is 0.181. The predicted octanol–water partition coefficient (Wildman–Crippen LogP) is 2.51. The van der Waals surface area contributed by atoms with Gasteiger partial charge < -0.3 is 9.47 Å². The number of carbonyl (C=O) groups is 2. The summed E-state index contributed by atoms with van der Waals surface area (Å²) in [4.78, 5) is 23.0. The molecule has 0 heterocycles.